The molecule has 0 amide bonds. The molecule has 0 saturated carbocycles. The molecule has 0 aromatic heterocycles. The Kier molecular flexibility index (Phi) is 3.39. The molecular formula is C10H13FO2. The molecule has 0 saturated heterocycles. The fourth-order valence-corrected chi connectivity index (χ4v) is 1.09. The smallest absolute Gasteiger partial charge is 0.123 e. The number of rotatable bonds is 3. The van der Waals surface area contributed by atoms with Crippen LogP contribution in [-0.2, 0) is 0 Å². The monoisotopic (exact) mass is 184 g/mol. The summed E-state index contributed by atoms with van der Waals surface area (Å²) >= 11 is 0. The molecule has 13 heavy (non-hydrogen) atoms. The molecule has 2 atom stereocenters. The van der Waals surface area contributed by atoms with E-state index in [1.807, 2.05) is 0 Å². The average molecular weight is 184 g/mol. The number of hydrogen-bond acceptors (Lipinski definition) is 2. The van der Waals surface area contributed by atoms with Gasteiger partial charge in [-0.1, -0.05) is 19.1 Å². The van der Waals surface area contributed by atoms with Crippen molar-refractivity contribution in [3.05, 3.63) is 35.6 Å². The minimum absolute atomic E-state index is 0.0848. The summed E-state index contributed by atoms with van der Waals surface area (Å²) in [6, 6.07) is 5.63. The van der Waals surface area contributed by atoms with E-state index in [1.54, 1.807) is 6.92 Å². The Hall–Kier alpha value is -0.930. The molecule has 0 heterocycles. The summed E-state index contributed by atoms with van der Waals surface area (Å²) in [5.41, 5.74) is 0.628. The summed E-state index contributed by atoms with van der Waals surface area (Å²) in [5.74, 6) is -0.557. The fourth-order valence-electron chi connectivity index (χ4n) is 1.09. The second-order valence-electron chi connectivity index (χ2n) is 3.16. The van der Waals surface area contributed by atoms with E-state index < -0.39 is 6.10 Å². The Morgan fingerprint density at radius 3 is 2.31 bits per heavy atom. The third-order valence-corrected chi connectivity index (χ3v) is 2.04. The van der Waals surface area contributed by atoms with Gasteiger partial charge in [0.15, 0.2) is 0 Å². The summed E-state index contributed by atoms with van der Waals surface area (Å²) in [6.45, 7) is 1.65. The van der Waals surface area contributed by atoms with Gasteiger partial charge < -0.3 is 10.2 Å². The highest BCUT2D eigenvalue weighted by Crippen LogP contribution is 2.21. The van der Waals surface area contributed by atoms with Crippen LogP contribution in [0.15, 0.2) is 24.3 Å². The Morgan fingerprint density at radius 2 is 1.85 bits per heavy atom. The molecule has 0 aliphatic rings. The lowest BCUT2D eigenvalue weighted by molar-refractivity contribution is 0.0770. The number of benzene rings is 1. The molecule has 0 bridgehead atoms. The SMILES string of the molecule is CC(CO)C(O)c1ccc(F)cc1. The maximum absolute atomic E-state index is 12.5. The zero-order valence-electron chi connectivity index (χ0n) is 7.44. The molecule has 2 N–H and O–H groups in total. The zero-order chi connectivity index (χ0) is 9.84. The quantitative estimate of drug-likeness (QED) is 0.747. The molecule has 1 rings (SSSR count). The van der Waals surface area contributed by atoms with Crippen LogP contribution in [0, 0.1) is 11.7 Å². The van der Waals surface area contributed by atoms with Crippen LogP contribution < -0.4 is 0 Å². The van der Waals surface area contributed by atoms with Gasteiger partial charge in [0.2, 0.25) is 0 Å². The van der Waals surface area contributed by atoms with Crippen LogP contribution in [0.4, 0.5) is 4.39 Å². The maximum Gasteiger partial charge on any atom is 0.123 e. The van der Waals surface area contributed by atoms with Crippen LogP contribution in [0.5, 0.6) is 0 Å². The molecule has 3 heteroatoms. The summed E-state index contributed by atoms with van der Waals surface area (Å²) < 4.78 is 12.5. The summed E-state index contributed by atoms with van der Waals surface area (Å²) in [6.07, 6.45) is -0.731. The summed E-state index contributed by atoms with van der Waals surface area (Å²) in [7, 11) is 0. The minimum atomic E-state index is -0.731. The standard InChI is InChI=1S/C10H13FO2/c1-7(6-12)10(13)8-2-4-9(11)5-3-8/h2-5,7,10,12-13H,6H2,1H3. The highest BCUT2D eigenvalue weighted by Gasteiger charge is 2.14. The molecule has 1 aromatic carbocycles. The third-order valence-electron chi connectivity index (χ3n) is 2.04. The first kappa shape index (κ1) is 10.2. The van der Waals surface area contributed by atoms with E-state index in [-0.39, 0.29) is 18.3 Å². The predicted molar refractivity (Wildman–Crippen MR) is 47.6 cm³/mol. The van der Waals surface area contributed by atoms with Gasteiger partial charge in [0.25, 0.3) is 0 Å². The van der Waals surface area contributed by atoms with Crippen molar-refractivity contribution in [3.63, 3.8) is 0 Å². The average Bonchev–Trinajstić information content (AvgIpc) is 2.17. The van der Waals surface area contributed by atoms with E-state index in [4.69, 9.17) is 5.11 Å². The molecular weight excluding hydrogens is 171 g/mol. The molecule has 1 aromatic rings. The third kappa shape index (κ3) is 2.50. The molecule has 2 unspecified atom stereocenters. The van der Waals surface area contributed by atoms with Crippen LogP contribution in [0.2, 0.25) is 0 Å². The van der Waals surface area contributed by atoms with Crippen molar-refractivity contribution in [1.29, 1.82) is 0 Å². The van der Waals surface area contributed by atoms with Crippen molar-refractivity contribution < 1.29 is 14.6 Å². The van der Waals surface area contributed by atoms with Crippen molar-refractivity contribution in [1.82, 2.24) is 0 Å². The zero-order valence-corrected chi connectivity index (χ0v) is 7.44. The second kappa shape index (κ2) is 4.35. The normalized spacial score (nSPS) is 15.4. The minimum Gasteiger partial charge on any atom is -0.396 e. The number of aliphatic hydroxyl groups is 2. The summed E-state index contributed by atoms with van der Waals surface area (Å²) in [5, 5.41) is 18.4. The number of hydrogen-bond donors (Lipinski definition) is 2. The molecule has 72 valence electrons. The topological polar surface area (TPSA) is 40.5 Å². The van der Waals surface area contributed by atoms with Gasteiger partial charge in [0, 0.05) is 12.5 Å². The number of aliphatic hydroxyl groups excluding tert-OH is 2. The highest BCUT2D eigenvalue weighted by atomic mass is 19.1. The van der Waals surface area contributed by atoms with Crippen molar-refractivity contribution in [2.24, 2.45) is 5.92 Å². The van der Waals surface area contributed by atoms with E-state index in [0.29, 0.717) is 5.56 Å². The van der Waals surface area contributed by atoms with Crippen LogP contribution >= 0.6 is 0 Å². The molecule has 0 fully saturated rings. The van der Waals surface area contributed by atoms with Gasteiger partial charge in [-0.05, 0) is 17.7 Å². The first-order chi connectivity index (χ1) is 6.15. The van der Waals surface area contributed by atoms with E-state index >= 15 is 0 Å². The first-order valence-electron chi connectivity index (χ1n) is 4.19. The van der Waals surface area contributed by atoms with Crippen molar-refractivity contribution in [2.45, 2.75) is 13.0 Å². The van der Waals surface area contributed by atoms with E-state index in [0.717, 1.165) is 0 Å². The predicted octanol–water partition coefficient (Wildman–Crippen LogP) is 1.49. The Morgan fingerprint density at radius 1 is 1.31 bits per heavy atom. The lowest BCUT2D eigenvalue weighted by Gasteiger charge is -2.16. The van der Waals surface area contributed by atoms with Crippen molar-refractivity contribution in [2.75, 3.05) is 6.61 Å². The van der Waals surface area contributed by atoms with E-state index in [2.05, 4.69) is 0 Å². The van der Waals surface area contributed by atoms with Gasteiger partial charge in [-0.15, -0.1) is 0 Å². The largest absolute Gasteiger partial charge is 0.396 e. The van der Waals surface area contributed by atoms with Crippen molar-refractivity contribution >= 4 is 0 Å². The molecule has 0 radical (unpaired) electrons. The highest BCUT2D eigenvalue weighted by molar-refractivity contribution is 5.18. The van der Waals surface area contributed by atoms with Crippen molar-refractivity contribution in [3.8, 4) is 0 Å². The molecule has 2 nitrogen and oxygen atoms in total. The van der Waals surface area contributed by atoms with Gasteiger partial charge in [-0.2, -0.15) is 0 Å². The Labute approximate surface area is 76.6 Å². The van der Waals surface area contributed by atoms with Crippen LogP contribution in [0.3, 0.4) is 0 Å². The van der Waals surface area contributed by atoms with E-state index in [1.165, 1.54) is 24.3 Å². The first-order valence-corrected chi connectivity index (χ1v) is 4.19. The molecule has 0 spiro atoms. The summed E-state index contributed by atoms with van der Waals surface area (Å²) in [4.78, 5) is 0. The molecule has 0 aliphatic carbocycles. The molecule has 0 aliphatic heterocycles. The van der Waals surface area contributed by atoms with Gasteiger partial charge >= 0.3 is 0 Å². The van der Waals surface area contributed by atoms with E-state index in [9.17, 15) is 9.50 Å². The van der Waals surface area contributed by atoms with Gasteiger partial charge in [-0.25, -0.2) is 4.39 Å². The lowest BCUT2D eigenvalue weighted by Crippen LogP contribution is -2.12. The lowest BCUT2D eigenvalue weighted by atomic mass is 9.98. The van der Waals surface area contributed by atoms with Crippen LogP contribution in [0.25, 0.3) is 0 Å². The second-order valence-corrected chi connectivity index (χ2v) is 3.16. The van der Waals surface area contributed by atoms with Gasteiger partial charge in [-0.3, -0.25) is 0 Å². The van der Waals surface area contributed by atoms with Gasteiger partial charge in [0.1, 0.15) is 5.82 Å². The van der Waals surface area contributed by atoms with Gasteiger partial charge in [0.05, 0.1) is 6.10 Å². The number of halogens is 1. The Balaban J connectivity index is 2.77. The fraction of sp³-hybridized carbons (Fsp3) is 0.400. The van der Waals surface area contributed by atoms with Crippen LogP contribution in [0.1, 0.15) is 18.6 Å². The van der Waals surface area contributed by atoms with Crippen LogP contribution in [-0.4, -0.2) is 16.8 Å². The maximum atomic E-state index is 12.5. The Bertz CT molecular complexity index is 258.